The third kappa shape index (κ3) is 8.07. The zero-order valence-corrected chi connectivity index (χ0v) is 25.2. The molecule has 10 heteroatoms. The first-order valence-corrected chi connectivity index (χ1v) is 14.8. The first-order chi connectivity index (χ1) is 19.3. The topological polar surface area (TPSA) is 96.0 Å². The van der Waals surface area contributed by atoms with E-state index >= 15 is 4.39 Å². The van der Waals surface area contributed by atoms with E-state index in [-0.39, 0.29) is 29.5 Å². The Bertz CT molecular complexity index is 1470. The van der Waals surface area contributed by atoms with Gasteiger partial charge in [0.05, 0.1) is 17.7 Å². The Labute approximate surface area is 242 Å². The molecule has 3 rings (SSSR count). The minimum Gasteiger partial charge on any atom is -0.497 e. The summed E-state index contributed by atoms with van der Waals surface area (Å²) in [6, 6.07) is 17.6. The van der Waals surface area contributed by atoms with Gasteiger partial charge in [0.1, 0.15) is 24.2 Å². The van der Waals surface area contributed by atoms with E-state index in [0.717, 1.165) is 15.9 Å². The molecule has 2 amide bonds. The molecule has 0 unspecified atom stereocenters. The fourth-order valence-corrected chi connectivity index (χ4v) is 5.77. The number of anilines is 1. The van der Waals surface area contributed by atoms with Crippen LogP contribution in [-0.2, 0) is 26.2 Å². The van der Waals surface area contributed by atoms with Crippen LogP contribution in [0.2, 0.25) is 0 Å². The molecule has 1 atom stereocenters. The van der Waals surface area contributed by atoms with E-state index in [0.29, 0.717) is 11.3 Å². The maximum Gasteiger partial charge on any atom is 0.264 e. The van der Waals surface area contributed by atoms with Crippen LogP contribution in [-0.4, -0.2) is 50.4 Å². The second-order valence-electron chi connectivity index (χ2n) is 10.8. The van der Waals surface area contributed by atoms with Gasteiger partial charge in [-0.25, -0.2) is 12.8 Å². The molecular weight excluding hydrogens is 545 g/mol. The van der Waals surface area contributed by atoms with Crippen molar-refractivity contribution in [2.24, 2.45) is 0 Å². The minimum absolute atomic E-state index is 0.00178. The first-order valence-electron chi connectivity index (χ1n) is 13.3. The minimum atomic E-state index is -4.36. The Hall–Kier alpha value is -3.92. The lowest BCUT2D eigenvalue weighted by Crippen LogP contribution is -2.55. The van der Waals surface area contributed by atoms with Crippen LogP contribution in [0.25, 0.3) is 0 Å². The maximum absolute atomic E-state index is 15.1. The van der Waals surface area contributed by atoms with Gasteiger partial charge in [-0.1, -0.05) is 48.9 Å². The molecule has 0 saturated heterocycles. The summed E-state index contributed by atoms with van der Waals surface area (Å²) in [6.07, 6.45) is 0.266. The van der Waals surface area contributed by atoms with Crippen molar-refractivity contribution in [1.82, 2.24) is 10.2 Å². The molecule has 0 fully saturated rings. The lowest BCUT2D eigenvalue weighted by atomic mass is 10.1. The van der Waals surface area contributed by atoms with E-state index in [1.54, 1.807) is 43.3 Å². The molecule has 0 radical (unpaired) electrons. The number of rotatable bonds is 11. The molecule has 0 aliphatic heterocycles. The number of aryl methyl sites for hydroxylation is 1. The van der Waals surface area contributed by atoms with Gasteiger partial charge in [0.15, 0.2) is 0 Å². The highest BCUT2D eigenvalue weighted by molar-refractivity contribution is 7.92. The highest BCUT2D eigenvalue weighted by Gasteiger charge is 2.35. The zero-order chi connectivity index (χ0) is 30.4. The number of nitrogens with one attached hydrogen (secondary N) is 1. The van der Waals surface area contributed by atoms with Crippen LogP contribution in [0, 0.1) is 12.7 Å². The second kappa shape index (κ2) is 13.2. The predicted molar refractivity (Wildman–Crippen MR) is 158 cm³/mol. The van der Waals surface area contributed by atoms with E-state index in [9.17, 15) is 18.0 Å². The van der Waals surface area contributed by atoms with Gasteiger partial charge in [0, 0.05) is 12.1 Å². The smallest absolute Gasteiger partial charge is 0.264 e. The summed E-state index contributed by atoms with van der Waals surface area (Å²) in [7, 11) is -2.84. The van der Waals surface area contributed by atoms with Crippen LogP contribution in [0.1, 0.15) is 45.2 Å². The molecule has 0 aromatic heterocycles. The van der Waals surface area contributed by atoms with E-state index in [1.165, 1.54) is 42.3 Å². The van der Waals surface area contributed by atoms with Crippen molar-refractivity contribution in [1.29, 1.82) is 0 Å². The number of ether oxygens (including phenoxy) is 1. The summed E-state index contributed by atoms with van der Waals surface area (Å²) in [6.45, 7) is 8.37. The van der Waals surface area contributed by atoms with Gasteiger partial charge in [-0.2, -0.15) is 0 Å². The zero-order valence-electron chi connectivity index (χ0n) is 24.3. The van der Waals surface area contributed by atoms with Crippen LogP contribution >= 0.6 is 0 Å². The summed E-state index contributed by atoms with van der Waals surface area (Å²) >= 11 is 0. The van der Waals surface area contributed by atoms with Crippen molar-refractivity contribution in [3.05, 3.63) is 89.7 Å². The number of benzene rings is 3. The van der Waals surface area contributed by atoms with Gasteiger partial charge < -0.3 is 15.0 Å². The molecule has 220 valence electrons. The van der Waals surface area contributed by atoms with Gasteiger partial charge >= 0.3 is 0 Å². The van der Waals surface area contributed by atoms with Crippen molar-refractivity contribution in [3.63, 3.8) is 0 Å². The molecule has 8 nitrogen and oxygen atoms in total. The summed E-state index contributed by atoms with van der Waals surface area (Å²) < 4.78 is 48.8. The van der Waals surface area contributed by atoms with Crippen LogP contribution in [0.15, 0.2) is 77.7 Å². The van der Waals surface area contributed by atoms with Crippen molar-refractivity contribution in [2.75, 3.05) is 18.0 Å². The van der Waals surface area contributed by atoms with E-state index in [4.69, 9.17) is 4.74 Å². The molecular formula is C31H38FN3O5S. The molecule has 3 aromatic rings. The molecule has 3 aromatic carbocycles. The van der Waals surface area contributed by atoms with Gasteiger partial charge in [0.2, 0.25) is 11.8 Å². The first kappa shape index (κ1) is 31.6. The van der Waals surface area contributed by atoms with E-state index in [1.807, 2.05) is 27.7 Å². The van der Waals surface area contributed by atoms with E-state index < -0.39 is 39.9 Å². The summed E-state index contributed by atoms with van der Waals surface area (Å²) in [4.78, 5) is 28.7. The fraction of sp³-hybridized carbons (Fsp3) is 0.355. The van der Waals surface area contributed by atoms with Gasteiger partial charge in [-0.05, 0) is 76.1 Å². The van der Waals surface area contributed by atoms with Crippen molar-refractivity contribution < 1.29 is 27.1 Å². The Balaban J connectivity index is 2.09. The number of carbonyl (C=O) groups is 2. The van der Waals surface area contributed by atoms with Gasteiger partial charge in [0.25, 0.3) is 10.0 Å². The summed E-state index contributed by atoms with van der Waals surface area (Å²) in [5.41, 5.74) is 0.689. The molecule has 0 heterocycles. The van der Waals surface area contributed by atoms with Crippen LogP contribution in [0.5, 0.6) is 5.75 Å². The number of para-hydroxylation sites is 1. The monoisotopic (exact) mass is 583 g/mol. The Morgan fingerprint density at radius 2 is 1.66 bits per heavy atom. The number of sulfonamides is 1. The maximum atomic E-state index is 15.1. The second-order valence-corrected chi connectivity index (χ2v) is 12.7. The molecule has 0 bridgehead atoms. The van der Waals surface area contributed by atoms with Crippen molar-refractivity contribution in [3.8, 4) is 5.75 Å². The molecule has 41 heavy (non-hydrogen) atoms. The summed E-state index contributed by atoms with van der Waals surface area (Å²) in [5, 5.41) is 2.92. The molecule has 0 aliphatic carbocycles. The number of halogens is 1. The third-order valence-electron chi connectivity index (χ3n) is 6.38. The number of carbonyl (C=O) groups excluding carboxylic acids is 2. The van der Waals surface area contributed by atoms with E-state index in [2.05, 4.69) is 5.32 Å². The number of hydrogen-bond acceptors (Lipinski definition) is 5. The molecule has 0 saturated carbocycles. The molecule has 0 aliphatic rings. The normalized spacial score (nSPS) is 12.4. The highest BCUT2D eigenvalue weighted by Crippen LogP contribution is 2.27. The van der Waals surface area contributed by atoms with Crippen molar-refractivity contribution >= 4 is 27.5 Å². The predicted octanol–water partition coefficient (Wildman–Crippen LogP) is 5.06. The summed E-state index contributed by atoms with van der Waals surface area (Å²) in [5.74, 6) is -1.28. The van der Waals surface area contributed by atoms with Crippen molar-refractivity contribution in [2.45, 2.75) is 64.1 Å². The largest absolute Gasteiger partial charge is 0.497 e. The Morgan fingerprint density at radius 3 is 2.24 bits per heavy atom. The standard InChI is InChI=1S/C31H38FN3O5S/c1-7-27(30(37)33-31(3,4)5)34(20-23-11-10-12-24(19-23)40-6)29(36)21-35(28-14-9-8-13-26(28)32)41(38,39)25-17-15-22(2)16-18-25/h8-19,27H,7,20-21H2,1-6H3,(H,33,37)/t27-/m1/s1. The average Bonchev–Trinajstić information content (AvgIpc) is 2.91. The lowest BCUT2D eigenvalue weighted by Gasteiger charge is -2.34. The third-order valence-corrected chi connectivity index (χ3v) is 8.15. The Morgan fingerprint density at radius 1 is 1.00 bits per heavy atom. The van der Waals surface area contributed by atoms with Gasteiger partial charge in [-0.15, -0.1) is 0 Å². The quantitative estimate of drug-likeness (QED) is 0.341. The van der Waals surface area contributed by atoms with Crippen LogP contribution in [0.4, 0.5) is 10.1 Å². The van der Waals surface area contributed by atoms with Gasteiger partial charge in [-0.3, -0.25) is 13.9 Å². The average molecular weight is 584 g/mol. The number of amides is 2. The Kier molecular flexibility index (Phi) is 10.1. The lowest BCUT2D eigenvalue weighted by molar-refractivity contribution is -0.141. The fourth-order valence-electron chi connectivity index (χ4n) is 4.34. The van der Waals surface area contributed by atoms with Crippen LogP contribution < -0.4 is 14.4 Å². The number of methoxy groups -OCH3 is 1. The highest BCUT2D eigenvalue weighted by atomic mass is 32.2. The molecule has 0 spiro atoms. The SMILES string of the molecule is CC[C@H](C(=O)NC(C)(C)C)N(Cc1cccc(OC)c1)C(=O)CN(c1ccccc1F)S(=O)(=O)c1ccc(C)cc1. The van der Waals surface area contributed by atoms with Crippen LogP contribution in [0.3, 0.4) is 0 Å². The number of hydrogen-bond donors (Lipinski definition) is 1. The molecule has 1 N–H and O–H groups in total. The number of nitrogens with zero attached hydrogens (tertiary/aromatic N) is 2.